The molecule has 0 aliphatic carbocycles. The summed E-state index contributed by atoms with van der Waals surface area (Å²) in [6.07, 6.45) is 0. The average molecular weight is 484 g/mol. The standard InChI is InChI=1S/C24H25N3O6S/c1-15-5-11-20(13-16(15)2)34(30,31)27-19-9-6-17(7-10-19)23(28)25-26-24(29)18-8-12-21(32-3)22(14-18)33-4/h5-14,27H,1-4H3,(H,25,28)(H,26,29). The van der Waals surface area contributed by atoms with Crippen molar-refractivity contribution >= 4 is 27.5 Å². The second kappa shape index (κ2) is 10.3. The number of hydrogen-bond acceptors (Lipinski definition) is 6. The van der Waals surface area contributed by atoms with Gasteiger partial charge in [0.1, 0.15) is 0 Å². The van der Waals surface area contributed by atoms with Crippen LogP contribution in [-0.4, -0.2) is 34.5 Å². The number of ether oxygens (including phenoxy) is 2. The molecule has 0 atom stereocenters. The molecule has 34 heavy (non-hydrogen) atoms. The third-order valence-corrected chi connectivity index (χ3v) is 6.50. The Morgan fingerprint density at radius 2 is 1.29 bits per heavy atom. The molecular weight excluding hydrogens is 458 g/mol. The molecule has 0 saturated heterocycles. The number of carbonyl (C=O) groups is 2. The van der Waals surface area contributed by atoms with Gasteiger partial charge < -0.3 is 9.47 Å². The van der Waals surface area contributed by atoms with Crippen LogP contribution in [-0.2, 0) is 10.0 Å². The zero-order chi connectivity index (χ0) is 24.9. The van der Waals surface area contributed by atoms with Crippen molar-refractivity contribution in [2.45, 2.75) is 18.7 Å². The molecule has 0 heterocycles. The van der Waals surface area contributed by atoms with Crippen molar-refractivity contribution in [1.29, 1.82) is 0 Å². The summed E-state index contributed by atoms with van der Waals surface area (Å²) in [6.45, 7) is 3.74. The molecule has 178 valence electrons. The second-order valence-corrected chi connectivity index (χ2v) is 9.09. The third kappa shape index (κ3) is 5.65. The van der Waals surface area contributed by atoms with Crippen LogP contribution in [0.5, 0.6) is 11.5 Å². The third-order valence-electron chi connectivity index (χ3n) is 5.12. The summed E-state index contributed by atoms with van der Waals surface area (Å²) in [5.41, 5.74) is 7.28. The van der Waals surface area contributed by atoms with Crippen molar-refractivity contribution < 1.29 is 27.5 Å². The molecule has 0 saturated carbocycles. The average Bonchev–Trinajstić information content (AvgIpc) is 2.83. The molecule has 9 nitrogen and oxygen atoms in total. The normalized spacial score (nSPS) is 10.8. The number of sulfonamides is 1. The van der Waals surface area contributed by atoms with Crippen LogP contribution >= 0.6 is 0 Å². The Bertz CT molecular complexity index is 1320. The minimum absolute atomic E-state index is 0.148. The number of hydrazine groups is 1. The Hall–Kier alpha value is -4.05. The van der Waals surface area contributed by atoms with E-state index in [-0.39, 0.29) is 16.0 Å². The fraction of sp³-hybridized carbons (Fsp3) is 0.167. The number of amides is 2. The lowest BCUT2D eigenvalue weighted by atomic mass is 10.1. The summed E-state index contributed by atoms with van der Waals surface area (Å²) >= 11 is 0. The highest BCUT2D eigenvalue weighted by Gasteiger charge is 2.16. The Balaban J connectivity index is 1.62. The highest BCUT2D eigenvalue weighted by Crippen LogP contribution is 2.27. The number of aryl methyl sites for hydroxylation is 2. The maximum absolute atomic E-state index is 12.6. The molecule has 0 aliphatic rings. The fourth-order valence-corrected chi connectivity index (χ4v) is 4.16. The summed E-state index contributed by atoms with van der Waals surface area (Å²) in [5.74, 6) is -0.277. The minimum Gasteiger partial charge on any atom is -0.493 e. The summed E-state index contributed by atoms with van der Waals surface area (Å²) in [5, 5.41) is 0. The van der Waals surface area contributed by atoms with Gasteiger partial charge in [0.2, 0.25) is 0 Å². The van der Waals surface area contributed by atoms with Crippen LogP contribution in [0.3, 0.4) is 0 Å². The summed E-state index contributed by atoms with van der Waals surface area (Å²) in [4.78, 5) is 24.9. The lowest BCUT2D eigenvalue weighted by Crippen LogP contribution is -2.41. The van der Waals surface area contributed by atoms with E-state index in [0.717, 1.165) is 11.1 Å². The minimum atomic E-state index is -3.78. The molecule has 2 amide bonds. The van der Waals surface area contributed by atoms with E-state index in [2.05, 4.69) is 15.6 Å². The fourth-order valence-electron chi connectivity index (χ4n) is 3.02. The highest BCUT2D eigenvalue weighted by atomic mass is 32.2. The van der Waals surface area contributed by atoms with E-state index >= 15 is 0 Å². The van der Waals surface area contributed by atoms with E-state index < -0.39 is 21.8 Å². The van der Waals surface area contributed by atoms with E-state index in [9.17, 15) is 18.0 Å². The van der Waals surface area contributed by atoms with E-state index in [1.54, 1.807) is 18.2 Å². The van der Waals surface area contributed by atoms with Crippen LogP contribution in [0.2, 0.25) is 0 Å². The predicted octanol–water partition coefficient (Wildman–Crippen LogP) is 3.20. The SMILES string of the molecule is COc1ccc(C(=O)NNC(=O)c2ccc(NS(=O)(=O)c3ccc(C)c(C)c3)cc2)cc1OC. The van der Waals surface area contributed by atoms with Crippen molar-refractivity contribution in [3.05, 3.63) is 82.9 Å². The molecule has 0 unspecified atom stereocenters. The largest absolute Gasteiger partial charge is 0.493 e. The van der Waals surface area contributed by atoms with Gasteiger partial charge in [0.25, 0.3) is 21.8 Å². The van der Waals surface area contributed by atoms with Crippen LogP contribution in [0.25, 0.3) is 0 Å². The first-order chi connectivity index (χ1) is 16.1. The first kappa shape index (κ1) is 24.6. The van der Waals surface area contributed by atoms with Gasteiger partial charge in [-0.2, -0.15) is 0 Å². The molecule has 0 aromatic heterocycles. The molecule has 3 rings (SSSR count). The van der Waals surface area contributed by atoms with E-state index in [4.69, 9.17) is 9.47 Å². The maximum atomic E-state index is 12.6. The Labute approximate surface area is 198 Å². The number of anilines is 1. The molecule has 0 radical (unpaired) electrons. The molecule has 0 aliphatic heterocycles. The molecule has 10 heteroatoms. The van der Waals surface area contributed by atoms with Gasteiger partial charge in [0.05, 0.1) is 19.1 Å². The number of rotatable bonds is 7. The number of nitrogens with one attached hydrogen (secondary N) is 3. The van der Waals surface area contributed by atoms with E-state index in [1.807, 2.05) is 13.8 Å². The Morgan fingerprint density at radius 3 is 1.88 bits per heavy atom. The van der Waals surface area contributed by atoms with Crippen molar-refractivity contribution in [3.63, 3.8) is 0 Å². The van der Waals surface area contributed by atoms with Gasteiger partial charge in [-0.1, -0.05) is 6.07 Å². The molecule has 0 spiro atoms. The highest BCUT2D eigenvalue weighted by molar-refractivity contribution is 7.92. The molecule has 3 aromatic carbocycles. The quantitative estimate of drug-likeness (QED) is 0.444. The predicted molar refractivity (Wildman–Crippen MR) is 128 cm³/mol. The van der Waals surface area contributed by atoms with E-state index in [0.29, 0.717) is 17.2 Å². The van der Waals surface area contributed by atoms with Gasteiger partial charge in [-0.15, -0.1) is 0 Å². The van der Waals surface area contributed by atoms with Crippen LogP contribution in [0.4, 0.5) is 5.69 Å². The smallest absolute Gasteiger partial charge is 0.269 e. The number of carbonyl (C=O) groups excluding carboxylic acids is 2. The molecule has 3 aromatic rings. The maximum Gasteiger partial charge on any atom is 0.269 e. The molecule has 0 bridgehead atoms. The number of benzene rings is 3. The Kier molecular flexibility index (Phi) is 7.42. The molecule has 3 N–H and O–H groups in total. The summed E-state index contributed by atoms with van der Waals surface area (Å²) < 4.78 is 38.0. The second-order valence-electron chi connectivity index (χ2n) is 7.41. The number of hydrogen-bond donors (Lipinski definition) is 3. The van der Waals surface area contributed by atoms with Crippen molar-refractivity contribution in [3.8, 4) is 11.5 Å². The first-order valence-electron chi connectivity index (χ1n) is 10.2. The summed E-state index contributed by atoms with van der Waals surface area (Å²) in [6, 6.07) is 15.3. The molecular formula is C24H25N3O6S. The van der Waals surface area contributed by atoms with Crippen LogP contribution < -0.4 is 25.0 Å². The van der Waals surface area contributed by atoms with Crippen LogP contribution in [0.15, 0.2) is 65.6 Å². The monoisotopic (exact) mass is 483 g/mol. The van der Waals surface area contributed by atoms with Gasteiger partial charge in [-0.3, -0.25) is 25.2 Å². The van der Waals surface area contributed by atoms with Gasteiger partial charge >= 0.3 is 0 Å². The van der Waals surface area contributed by atoms with E-state index in [1.165, 1.54) is 56.7 Å². The van der Waals surface area contributed by atoms with Crippen LogP contribution in [0, 0.1) is 13.8 Å². The Morgan fingerprint density at radius 1 is 0.706 bits per heavy atom. The van der Waals surface area contributed by atoms with Crippen molar-refractivity contribution in [2.24, 2.45) is 0 Å². The summed E-state index contributed by atoms with van der Waals surface area (Å²) in [7, 11) is -0.840. The lowest BCUT2D eigenvalue weighted by Gasteiger charge is -2.12. The number of methoxy groups -OCH3 is 2. The van der Waals surface area contributed by atoms with Gasteiger partial charge in [0.15, 0.2) is 11.5 Å². The topological polar surface area (TPSA) is 123 Å². The molecule has 0 fully saturated rings. The van der Waals surface area contributed by atoms with Gasteiger partial charge in [-0.25, -0.2) is 8.42 Å². The lowest BCUT2D eigenvalue weighted by molar-refractivity contribution is 0.0846. The van der Waals surface area contributed by atoms with Crippen molar-refractivity contribution in [2.75, 3.05) is 18.9 Å². The van der Waals surface area contributed by atoms with Crippen molar-refractivity contribution in [1.82, 2.24) is 10.9 Å². The van der Waals surface area contributed by atoms with Gasteiger partial charge in [-0.05, 0) is 79.6 Å². The zero-order valence-corrected chi connectivity index (χ0v) is 19.9. The first-order valence-corrected chi connectivity index (χ1v) is 11.7. The van der Waals surface area contributed by atoms with Crippen LogP contribution in [0.1, 0.15) is 31.8 Å². The van der Waals surface area contributed by atoms with Gasteiger partial charge in [0, 0.05) is 16.8 Å². The zero-order valence-electron chi connectivity index (χ0n) is 19.1.